The first-order chi connectivity index (χ1) is 13.6. The Morgan fingerprint density at radius 2 is 2.00 bits per heavy atom. The highest BCUT2D eigenvalue weighted by Gasteiger charge is 2.25. The average molecular weight is 384 g/mol. The Bertz CT molecular complexity index is 877. The number of aliphatic hydroxyl groups is 1. The largest absolute Gasteiger partial charge is 0.395 e. The third-order valence-corrected chi connectivity index (χ3v) is 5.66. The number of aliphatic hydroxyl groups excluding tert-OH is 1. The van der Waals surface area contributed by atoms with Crippen LogP contribution in [0.4, 0.5) is 0 Å². The zero-order chi connectivity index (χ0) is 19.5. The molecule has 0 bridgehead atoms. The van der Waals surface area contributed by atoms with Gasteiger partial charge < -0.3 is 14.7 Å². The number of likely N-dealkylation sites (N-methyl/N-ethyl adjacent to an activating group) is 1. The summed E-state index contributed by atoms with van der Waals surface area (Å²) in [4.78, 5) is 12.6. The number of benzene rings is 1. The molecule has 8 nitrogen and oxygen atoms in total. The second-order valence-electron chi connectivity index (χ2n) is 7.75. The maximum atomic E-state index is 9.07. The number of piperidine rings is 1. The number of rotatable bonds is 7. The summed E-state index contributed by atoms with van der Waals surface area (Å²) < 4.78 is 2.13. The second-order valence-corrected chi connectivity index (χ2v) is 7.75. The number of fused-ring (bicyclic) bond motifs is 1. The second kappa shape index (κ2) is 8.38. The number of para-hydroxylation sites is 2. The number of nitrogens with one attached hydrogen (secondary N) is 1. The van der Waals surface area contributed by atoms with Gasteiger partial charge in [0.15, 0.2) is 0 Å². The molecule has 0 amide bonds. The molecule has 1 saturated heterocycles. The molecule has 0 atom stereocenters. The van der Waals surface area contributed by atoms with E-state index in [9.17, 15) is 0 Å². The van der Waals surface area contributed by atoms with Crippen LogP contribution in [0.15, 0.2) is 24.3 Å². The Morgan fingerprint density at radius 3 is 2.75 bits per heavy atom. The van der Waals surface area contributed by atoms with Gasteiger partial charge in [-0.25, -0.2) is 4.98 Å². The normalized spacial score (nSPS) is 16.4. The molecule has 4 rings (SSSR count). The molecule has 0 unspecified atom stereocenters. The van der Waals surface area contributed by atoms with Gasteiger partial charge in [0.05, 0.1) is 30.7 Å². The highest BCUT2D eigenvalue weighted by molar-refractivity contribution is 5.74. The molecule has 0 saturated carbocycles. The number of imidazole rings is 1. The van der Waals surface area contributed by atoms with Crippen molar-refractivity contribution >= 4 is 11.0 Å². The van der Waals surface area contributed by atoms with E-state index in [-0.39, 0.29) is 6.61 Å². The van der Waals surface area contributed by atoms with E-state index in [2.05, 4.69) is 42.7 Å². The van der Waals surface area contributed by atoms with E-state index in [0.29, 0.717) is 19.0 Å². The first kappa shape index (κ1) is 19.0. The molecule has 0 radical (unpaired) electrons. The lowest BCUT2D eigenvalue weighted by Crippen LogP contribution is -2.33. The Labute approximate surface area is 165 Å². The van der Waals surface area contributed by atoms with Crippen LogP contribution < -0.4 is 0 Å². The molecule has 8 heteroatoms. The lowest BCUT2D eigenvalue weighted by Gasteiger charge is -2.30. The number of aromatic amines is 1. The Hall–Kier alpha value is -2.29. The van der Waals surface area contributed by atoms with Gasteiger partial charge in [-0.1, -0.05) is 12.1 Å². The van der Waals surface area contributed by atoms with Crippen LogP contribution in [0.25, 0.3) is 11.0 Å². The van der Waals surface area contributed by atoms with Crippen molar-refractivity contribution in [2.75, 3.05) is 33.3 Å². The molecule has 1 fully saturated rings. The summed E-state index contributed by atoms with van der Waals surface area (Å²) in [5, 5.41) is 17.9. The molecule has 28 heavy (non-hydrogen) atoms. The van der Waals surface area contributed by atoms with Crippen LogP contribution in [0.3, 0.4) is 0 Å². The van der Waals surface area contributed by atoms with E-state index in [1.165, 1.54) is 0 Å². The van der Waals surface area contributed by atoms with E-state index >= 15 is 0 Å². The predicted octanol–water partition coefficient (Wildman–Crippen LogP) is 1.50. The number of H-pyrrole nitrogens is 1. The molecule has 3 heterocycles. The molecule has 0 spiro atoms. The van der Waals surface area contributed by atoms with E-state index in [0.717, 1.165) is 61.0 Å². The predicted molar refractivity (Wildman–Crippen MR) is 108 cm³/mol. The molecule has 2 aromatic heterocycles. The third kappa shape index (κ3) is 4.09. The van der Waals surface area contributed by atoms with Crippen molar-refractivity contribution in [1.29, 1.82) is 0 Å². The van der Waals surface area contributed by atoms with Gasteiger partial charge in [0.25, 0.3) is 0 Å². The topological polar surface area (TPSA) is 86.1 Å². The number of hydrogen-bond donors (Lipinski definition) is 2. The van der Waals surface area contributed by atoms with Crippen molar-refractivity contribution in [3.05, 3.63) is 41.7 Å². The van der Waals surface area contributed by atoms with Crippen LogP contribution in [-0.2, 0) is 20.1 Å². The van der Waals surface area contributed by atoms with E-state index < -0.39 is 0 Å². The number of nitrogens with zero attached hydrogens (tertiary/aromatic N) is 6. The van der Waals surface area contributed by atoms with Gasteiger partial charge in [0.1, 0.15) is 17.5 Å². The monoisotopic (exact) mass is 383 g/mol. The molecule has 3 aromatic rings. The van der Waals surface area contributed by atoms with Gasteiger partial charge in [-0.2, -0.15) is 0 Å². The zero-order valence-electron chi connectivity index (χ0n) is 16.7. The van der Waals surface area contributed by atoms with Crippen LogP contribution >= 0.6 is 0 Å². The third-order valence-electron chi connectivity index (χ3n) is 5.66. The van der Waals surface area contributed by atoms with E-state index in [1.807, 2.05) is 25.2 Å². The minimum Gasteiger partial charge on any atom is -0.395 e. The van der Waals surface area contributed by atoms with Crippen LogP contribution in [-0.4, -0.2) is 72.9 Å². The molecule has 1 aliphatic rings. The van der Waals surface area contributed by atoms with Crippen molar-refractivity contribution in [3.8, 4) is 0 Å². The quantitative estimate of drug-likeness (QED) is 0.643. The summed E-state index contributed by atoms with van der Waals surface area (Å²) in [5.74, 6) is 3.51. The van der Waals surface area contributed by atoms with Gasteiger partial charge in [-0.15, -0.1) is 10.2 Å². The number of aromatic nitrogens is 5. The molecule has 1 aliphatic heterocycles. The summed E-state index contributed by atoms with van der Waals surface area (Å²) in [6.45, 7) is 4.43. The fourth-order valence-corrected chi connectivity index (χ4v) is 4.00. The van der Waals surface area contributed by atoms with E-state index in [4.69, 9.17) is 10.1 Å². The highest BCUT2D eigenvalue weighted by atomic mass is 16.3. The Kier molecular flexibility index (Phi) is 5.70. The number of likely N-dealkylation sites (tertiary alicyclic amines) is 1. The van der Waals surface area contributed by atoms with Gasteiger partial charge in [-0.3, -0.25) is 9.80 Å². The molecule has 2 N–H and O–H groups in total. The molecule has 0 aliphatic carbocycles. The van der Waals surface area contributed by atoms with E-state index in [1.54, 1.807) is 0 Å². The lowest BCUT2D eigenvalue weighted by atomic mass is 9.96. The van der Waals surface area contributed by atoms with Crippen molar-refractivity contribution in [2.24, 2.45) is 7.05 Å². The van der Waals surface area contributed by atoms with Crippen LogP contribution in [0.2, 0.25) is 0 Å². The zero-order valence-corrected chi connectivity index (χ0v) is 16.7. The fourth-order valence-electron chi connectivity index (χ4n) is 4.00. The average Bonchev–Trinajstić information content (AvgIpc) is 3.26. The minimum absolute atomic E-state index is 0.158. The highest BCUT2D eigenvalue weighted by Crippen LogP contribution is 2.27. The fraction of sp³-hybridized carbons (Fsp3) is 0.550. The number of hydrogen-bond acceptors (Lipinski definition) is 6. The Morgan fingerprint density at radius 1 is 1.21 bits per heavy atom. The van der Waals surface area contributed by atoms with Crippen molar-refractivity contribution < 1.29 is 5.11 Å². The van der Waals surface area contributed by atoms with Gasteiger partial charge in [-0.05, 0) is 45.1 Å². The molecular formula is C20H29N7O. The van der Waals surface area contributed by atoms with Gasteiger partial charge in [0, 0.05) is 19.5 Å². The van der Waals surface area contributed by atoms with Crippen molar-refractivity contribution in [1.82, 2.24) is 34.5 Å². The maximum absolute atomic E-state index is 9.07. The van der Waals surface area contributed by atoms with Crippen molar-refractivity contribution in [2.45, 2.75) is 31.8 Å². The summed E-state index contributed by atoms with van der Waals surface area (Å²) in [6.07, 6.45) is 2.16. The standard InChI is InChI=1S/C20H29N7O/c1-25(11-12-28)14-19-23-24-20(26(19)2)15-7-9-27(10-8-15)13-18-21-16-5-3-4-6-17(16)22-18/h3-6,15,28H,7-14H2,1-2H3,(H,21,22). The SMILES string of the molecule is CN(CCO)Cc1nnc(C2CCN(Cc3nc4ccccc4[nH]3)CC2)n1C. The summed E-state index contributed by atoms with van der Waals surface area (Å²) >= 11 is 0. The first-order valence-corrected chi connectivity index (χ1v) is 9.97. The Balaban J connectivity index is 1.34. The summed E-state index contributed by atoms with van der Waals surface area (Å²) in [7, 11) is 4.04. The summed E-state index contributed by atoms with van der Waals surface area (Å²) in [5.41, 5.74) is 2.13. The van der Waals surface area contributed by atoms with Gasteiger partial charge in [0.2, 0.25) is 0 Å². The maximum Gasteiger partial charge on any atom is 0.146 e. The van der Waals surface area contributed by atoms with Crippen LogP contribution in [0.1, 0.15) is 36.2 Å². The minimum atomic E-state index is 0.158. The first-order valence-electron chi connectivity index (χ1n) is 9.97. The van der Waals surface area contributed by atoms with Crippen molar-refractivity contribution in [3.63, 3.8) is 0 Å². The molecule has 150 valence electrons. The van der Waals surface area contributed by atoms with Crippen LogP contribution in [0, 0.1) is 0 Å². The lowest BCUT2D eigenvalue weighted by molar-refractivity contribution is 0.196. The van der Waals surface area contributed by atoms with Crippen LogP contribution in [0.5, 0.6) is 0 Å². The smallest absolute Gasteiger partial charge is 0.146 e. The summed E-state index contributed by atoms with van der Waals surface area (Å²) in [6, 6.07) is 8.18. The van der Waals surface area contributed by atoms with Gasteiger partial charge >= 0.3 is 0 Å². The molecule has 1 aromatic carbocycles. The molecular weight excluding hydrogens is 354 g/mol.